The van der Waals surface area contributed by atoms with Crippen LogP contribution in [0.1, 0.15) is 45.1 Å². The van der Waals surface area contributed by atoms with Crippen LogP contribution in [0.3, 0.4) is 0 Å². The molecule has 0 N–H and O–H groups in total. The lowest BCUT2D eigenvalue weighted by atomic mass is 9.89. The highest BCUT2D eigenvalue weighted by Gasteiger charge is 2.39. The van der Waals surface area contributed by atoms with Gasteiger partial charge in [-0.15, -0.1) is 0 Å². The van der Waals surface area contributed by atoms with Gasteiger partial charge in [0.1, 0.15) is 6.10 Å². The first kappa shape index (κ1) is 12.9. The molecule has 0 amide bonds. The van der Waals surface area contributed by atoms with Gasteiger partial charge in [0, 0.05) is 11.6 Å². The van der Waals surface area contributed by atoms with Crippen molar-refractivity contribution < 1.29 is 4.74 Å². The average molecular weight is 286 g/mol. The summed E-state index contributed by atoms with van der Waals surface area (Å²) in [5.41, 5.74) is 2.03. The number of nitrogens with zero attached hydrogens (tertiary/aromatic N) is 4. The summed E-state index contributed by atoms with van der Waals surface area (Å²) in [7, 11) is 0. The Hall–Kier alpha value is -1.78. The Morgan fingerprint density at radius 1 is 1.29 bits per heavy atom. The summed E-state index contributed by atoms with van der Waals surface area (Å²) in [6.45, 7) is 6.54. The van der Waals surface area contributed by atoms with Crippen molar-refractivity contribution in [1.82, 2.24) is 14.6 Å². The maximum absolute atomic E-state index is 6.27. The van der Waals surface area contributed by atoms with E-state index in [9.17, 15) is 0 Å². The van der Waals surface area contributed by atoms with Gasteiger partial charge < -0.3 is 9.64 Å². The minimum Gasteiger partial charge on any atom is -0.483 e. The summed E-state index contributed by atoms with van der Waals surface area (Å²) >= 11 is 0. The molecule has 1 saturated carbocycles. The van der Waals surface area contributed by atoms with Crippen molar-refractivity contribution in [3.8, 4) is 5.75 Å². The third-order valence-electron chi connectivity index (χ3n) is 4.72. The molecule has 2 atom stereocenters. The van der Waals surface area contributed by atoms with Crippen molar-refractivity contribution in [3.63, 3.8) is 0 Å². The molecular formula is C16H22N4O. The smallest absolute Gasteiger partial charge is 0.180 e. The SMILES string of the molecule is Cc1cnn2cc3c(nc12)N(C(C)C)C1CCCCC1O3. The lowest BCUT2D eigenvalue weighted by Crippen LogP contribution is -2.54. The minimum absolute atomic E-state index is 0.296. The summed E-state index contributed by atoms with van der Waals surface area (Å²) in [4.78, 5) is 7.34. The first-order valence-electron chi connectivity index (χ1n) is 7.95. The van der Waals surface area contributed by atoms with Gasteiger partial charge in [-0.3, -0.25) is 0 Å². The van der Waals surface area contributed by atoms with E-state index in [4.69, 9.17) is 9.72 Å². The molecule has 0 spiro atoms. The van der Waals surface area contributed by atoms with Gasteiger partial charge in [0.15, 0.2) is 17.2 Å². The molecule has 2 aliphatic rings. The van der Waals surface area contributed by atoms with Crippen LogP contribution in [0, 0.1) is 6.92 Å². The second-order valence-electron chi connectivity index (χ2n) is 6.53. The number of hydrogen-bond acceptors (Lipinski definition) is 4. The summed E-state index contributed by atoms with van der Waals surface area (Å²) < 4.78 is 8.10. The second-order valence-corrected chi connectivity index (χ2v) is 6.53. The van der Waals surface area contributed by atoms with E-state index < -0.39 is 0 Å². The largest absolute Gasteiger partial charge is 0.483 e. The zero-order valence-corrected chi connectivity index (χ0v) is 12.9. The third kappa shape index (κ3) is 1.90. The second kappa shape index (κ2) is 4.61. The van der Waals surface area contributed by atoms with Gasteiger partial charge in [0.25, 0.3) is 0 Å². The molecular weight excluding hydrogens is 264 g/mol. The van der Waals surface area contributed by atoms with Crippen LogP contribution >= 0.6 is 0 Å². The topological polar surface area (TPSA) is 42.7 Å². The van der Waals surface area contributed by atoms with Crippen molar-refractivity contribution in [2.45, 2.75) is 64.6 Å². The maximum atomic E-state index is 6.27. The summed E-state index contributed by atoms with van der Waals surface area (Å²) in [6.07, 6.45) is 9.04. The standard InChI is InChI=1S/C16H22N4O/c1-10(2)20-12-6-4-5-7-13(12)21-14-9-19-15(18-16(14)20)11(3)8-17-19/h8-10,12-13H,4-7H2,1-3H3. The van der Waals surface area contributed by atoms with Crippen LogP contribution in [0.25, 0.3) is 5.65 Å². The lowest BCUT2D eigenvalue weighted by molar-refractivity contribution is 0.108. The maximum Gasteiger partial charge on any atom is 0.180 e. The van der Waals surface area contributed by atoms with Crippen LogP contribution in [0.5, 0.6) is 5.75 Å². The van der Waals surface area contributed by atoms with Crippen LogP contribution < -0.4 is 9.64 Å². The fourth-order valence-corrected chi connectivity index (χ4v) is 3.75. The Morgan fingerprint density at radius 3 is 2.90 bits per heavy atom. The molecule has 5 nitrogen and oxygen atoms in total. The monoisotopic (exact) mass is 286 g/mol. The van der Waals surface area contributed by atoms with Gasteiger partial charge in [-0.05, 0) is 40.0 Å². The van der Waals surface area contributed by atoms with Crippen LogP contribution in [0.2, 0.25) is 0 Å². The van der Waals surface area contributed by atoms with Gasteiger partial charge in [0.05, 0.1) is 18.4 Å². The summed E-state index contributed by atoms with van der Waals surface area (Å²) in [5, 5.41) is 4.36. The van der Waals surface area contributed by atoms with E-state index >= 15 is 0 Å². The number of ether oxygens (including phenoxy) is 1. The number of hydrogen-bond donors (Lipinski definition) is 0. The molecule has 2 unspecified atom stereocenters. The zero-order valence-electron chi connectivity index (χ0n) is 12.9. The molecule has 4 rings (SSSR count). The molecule has 2 aromatic rings. The normalized spacial score (nSPS) is 24.9. The van der Waals surface area contributed by atoms with E-state index in [1.54, 1.807) is 0 Å². The Labute approximate surface area is 124 Å². The van der Waals surface area contributed by atoms with E-state index in [1.807, 2.05) is 16.9 Å². The molecule has 3 heterocycles. The van der Waals surface area contributed by atoms with Crippen molar-refractivity contribution >= 4 is 11.5 Å². The molecule has 0 bridgehead atoms. The van der Waals surface area contributed by atoms with Crippen LogP contribution in [-0.4, -0.2) is 32.8 Å². The zero-order chi connectivity index (χ0) is 14.6. The number of aryl methyl sites for hydroxylation is 1. The third-order valence-corrected chi connectivity index (χ3v) is 4.72. The molecule has 0 aromatic carbocycles. The number of anilines is 1. The van der Waals surface area contributed by atoms with E-state index in [1.165, 1.54) is 19.3 Å². The van der Waals surface area contributed by atoms with E-state index in [0.29, 0.717) is 18.2 Å². The van der Waals surface area contributed by atoms with Gasteiger partial charge in [0.2, 0.25) is 0 Å². The molecule has 1 aliphatic heterocycles. The first-order chi connectivity index (χ1) is 10.1. The lowest BCUT2D eigenvalue weighted by Gasteiger charge is -2.46. The molecule has 1 aliphatic carbocycles. The van der Waals surface area contributed by atoms with Crippen molar-refractivity contribution in [2.24, 2.45) is 0 Å². The highest BCUT2D eigenvalue weighted by atomic mass is 16.5. The first-order valence-corrected chi connectivity index (χ1v) is 7.95. The molecule has 21 heavy (non-hydrogen) atoms. The Kier molecular flexibility index (Phi) is 2.84. The number of fused-ring (bicyclic) bond motifs is 3. The molecule has 5 heteroatoms. The summed E-state index contributed by atoms with van der Waals surface area (Å²) in [6, 6.07) is 0.890. The van der Waals surface area contributed by atoms with Gasteiger partial charge in [-0.1, -0.05) is 6.42 Å². The van der Waals surface area contributed by atoms with Gasteiger partial charge in [-0.25, -0.2) is 9.50 Å². The molecule has 112 valence electrons. The van der Waals surface area contributed by atoms with E-state index in [2.05, 4.69) is 30.8 Å². The molecule has 0 saturated heterocycles. The van der Waals surface area contributed by atoms with Crippen molar-refractivity contribution in [1.29, 1.82) is 0 Å². The Bertz CT molecular complexity index is 678. The van der Waals surface area contributed by atoms with E-state index in [0.717, 1.165) is 29.2 Å². The van der Waals surface area contributed by atoms with Crippen LogP contribution in [0.4, 0.5) is 5.82 Å². The van der Waals surface area contributed by atoms with Gasteiger partial charge in [-0.2, -0.15) is 5.10 Å². The quantitative estimate of drug-likeness (QED) is 0.808. The number of aromatic nitrogens is 3. The van der Waals surface area contributed by atoms with Crippen molar-refractivity contribution in [3.05, 3.63) is 18.0 Å². The van der Waals surface area contributed by atoms with Crippen LogP contribution in [0.15, 0.2) is 12.4 Å². The Morgan fingerprint density at radius 2 is 2.10 bits per heavy atom. The number of rotatable bonds is 1. The summed E-state index contributed by atoms with van der Waals surface area (Å²) in [5.74, 6) is 1.87. The van der Waals surface area contributed by atoms with Crippen molar-refractivity contribution in [2.75, 3.05) is 4.90 Å². The van der Waals surface area contributed by atoms with Crippen LogP contribution in [-0.2, 0) is 0 Å². The van der Waals surface area contributed by atoms with Gasteiger partial charge >= 0.3 is 0 Å². The predicted molar refractivity (Wildman–Crippen MR) is 82.0 cm³/mol. The fraction of sp³-hybridized carbons (Fsp3) is 0.625. The highest BCUT2D eigenvalue weighted by Crippen LogP contribution is 2.41. The highest BCUT2D eigenvalue weighted by molar-refractivity contribution is 5.61. The predicted octanol–water partition coefficient (Wildman–Crippen LogP) is 2.96. The van der Waals surface area contributed by atoms with E-state index in [-0.39, 0.29) is 0 Å². The average Bonchev–Trinajstić information content (AvgIpc) is 2.83. The molecule has 0 radical (unpaired) electrons. The molecule has 2 aromatic heterocycles. The fourth-order valence-electron chi connectivity index (χ4n) is 3.75. The molecule has 1 fully saturated rings. The Balaban J connectivity index is 1.89. The minimum atomic E-state index is 0.296.